The molecule has 2 heteroatoms. The summed E-state index contributed by atoms with van der Waals surface area (Å²) >= 11 is 0. The maximum absolute atomic E-state index is 6.01. The van der Waals surface area contributed by atoms with Crippen molar-refractivity contribution in [3.63, 3.8) is 0 Å². The van der Waals surface area contributed by atoms with Gasteiger partial charge in [-0.05, 0) is 48.6 Å². The van der Waals surface area contributed by atoms with Crippen LogP contribution < -0.4 is 10.1 Å². The van der Waals surface area contributed by atoms with Gasteiger partial charge in [-0.25, -0.2) is 0 Å². The molecule has 1 aliphatic carbocycles. The van der Waals surface area contributed by atoms with E-state index in [2.05, 4.69) is 57.3 Å². The number of hydrogen-bond donors (Lipinski definition) is 1. The number of hydrogen-bond acceptors (Lipinski definition) is 2. The molecule has 1 saturated carbocycles. The van der Waals surface area contributed by atoms with Gasteiger partial charge in [-0.2, -0.15) is 0 Å². The molecule has 0 spiro atoms. The Balaban J connectivity index is 1.76. The summed E-state index contributed by atoms with van der Waals surface area (Å²) in [6.07, 6.45) is 5.37. The average Bonchev–Trinajstić information content (AvgIpc) is 2.45. The molecule has 0 aromatic heterocycles. The normalized spacial score (nSPS) is 23.0. The molecule has 2 rings (SSSR count). The van der Waals surface area contributed by atoms with Gasteiger partial charge in [0.25, 0.3) is 0 Å². The molecule has 1 N–H and O–H groups in total. The van der Waals surface area contributed by atoms with Crippen LogP contribution in [0, 0.1) is 5.92 Å². The van der Waals surface area contributed by atoms with Crippen molar-refractivity contribution in [1.29, 1.82) is 0 Å². The lowest BCUT2D eigenvalue weighted by atomic mass is 9.86. The number of rotatable bonds is 5. The van der Waals surface area contributed by atoms with E-state index in [4.69, 9.17) is 4.74 Å². The van der Waals surface area contributed by atoms with Crippen LogP contribution >= 0.6 is 0 Å². The molecule has 118 valence electrons. The van der Waals surface area contributed by atoms with Gasteiger partial charge in [-0.15, -0.1) is 0 Å². The molecule has 2 nitrogen and oxygen atoms in total. The Labute approximate surface area is 130 Å². The molecule has 0 unspecified atom stereocenters. The number of para-hydroxylation sites is 1. The van der Waals surface area contributed by atoms with Crippen LogP contribution in [0.1, 0.15) is 58.9 Å². The van der Waals surface area contributed by atoms with Gasteiger partial charge < -0.3 is 10.1 Å². The van der Waals surface area contributed by atoms with Gasteiger partial charge in [0.15, 0.2) is 0 Å². The Hall–Kier alpha value is -1.02. The second kappa shape index (κ2) is 7.31. The first-order valence-corrected chi connectivity index (χ1v) is 8.42. The molecule has 1 aromatic carbocycles. The molecule has 0 aliphatic heterocycles. The van der Waals surface area contributed by atoms with E-state index < -0.39 is 0 Å². The minimum Gasteiger partial charge on any atom is -0.492 e. The fraction of sp³-hybridized carbons (Fsp3) is 0.684. The quantitative estimate of drug-likeness (QED) is 0.804. The zero-order valence-electron chi connectivity index (χ0n) is 14.1. The van der Waals surface area contributed by atoms with Crippen LogP contribution in [-0.4, -0.2) is 19.2 Å². The first kappa shape index (κ1) is 16.4. The van der Waals surface area contributed by atoms with Crippen molar-refractivity contribution in [2.24, 2.45) is 5.92 Å². The van der Waals surface area contributed by atoms with Gasteiger partial charge in [-0.1, -0.05) is 45.9 Å². The van der Waals surface area contributed by atoms with Gasteiger partial charge >= 0.3 is 0 Å². The maximum Gasteiger partial charge on any atom is 0.123 e. The molecule has 0 heterocycles. The lowest BCUT2D eigenvalue weighted by Gasteiger charge is -2.27. The van der Waals surface area contributed by atoms with Crippen LogP contribution in [0.4, 0.5) is 0 Å². The van der Waals surface area contributed by atoms with Gasteiger partial charge in [0.1, 0.15) is 12.4 Å². The Morgan fingerprint density at radius 2 is 1.76 bits per heavy atom. The summed E-state index contributed by atoms with van der Waals surface area (Å²) in [5.41, 5.74) is 1.42. The van der Waals surface area contributed by atoms with Crippen molar-refractivity contribution < 1.29 is 4.74 Å². The van der Waals surface area contributed by atoms with E-state index in [9.17, 15) is 0 Å². The molecule has 21 heavy (non-hydrogen) atoms. The second-order valence-corrected chi connectivity index (χ2v) is 7.51. The Morgan fingerprint density at radius 1 is 1.10 bits per heavy atom. The fourth-order valence-corrected chi connectivity index (χ4v) is 3.10. The number of nitrogens with one attached hydrogen (secondary N) is 1. The van der Waals surface area contributed by atoms with Crippen molar-refractivity contribution in [3.05, 3.63) is 29.8 Å². The molecule has 1 aromatic rings. The van der Waals surface area contributed by atoms with E-state index in [-0.39, 0.29) is 5.41 Å². The lowest BCUT2D eigenvalue weighted by Crippen LogP contribution is -2.35. The topological polar surface area (TPSA) is 21.3 Å². The second-order valence-electron chi connectivity index (χ2n) is 7.51. The van der Waals surface area contributed by atoms with E-state index in [0.29, 0.717) is 6.04 Å². The zero-order valence-corrected chi connectivity index (χ0v) is 14.1. The van der Waals surface area contributed by atoms with Crippen LogP contribution in [0.5, 0.6) is 5.75 Å². The van der Waals surface area contributed by atoms with Crippen molar-refractivity contribution in [1.82, 2.24) is 5.32 Å². The summed E-state index contributed by atoms with van der Waals surface area (Å²) in [6.45, 7) is 10.8. The third-order valence-electron chi connectivity index (χ3n) is 4.50. The SMILES string of the molecule is CC1CCC(NCCOc2ccccc2C(C)(C)C)CC1. The van der Waals surface area contributed by atoms with Crippen LogP contribution in [0.25, 0.3) is 0 Å². The highest BCUT2D eigenvalue weighted by molar-refractivity contribution is 5.38. The van der Waals surface area contributed by atoms with Crippen LogP contribution in [0.3, 0.4) is 0 Å². The summed E-state index contributed by atoms with van der Waals surface area (Å²) < 4.78 is 6.01. The van der Waals surface area contributed by atoms with Gasteiger partial charge in [0.2, 0.25) is 0 Å². The molecule has 0 bridgehead atoms. The Morgan fingerprint density at radius 3 is 2.43 bits per heavy atom. The minimum absolute atomic E-state index is 0.129. The van der Waals surface area contributed by atoms with Crippen LogP contribution in [-0.2, 0) is 5.41 Å². The Kier molecular flexibility index (Phi) is 5.69. The zero-order chi connectivity index (χ0) is 15.3. The summed E-state index contributed by atoms with van der Waals surface area (Å²) in [7, 11) is 0. The number of benzene rings is 1. The monoisotopic (exact) mass is 289 g/mol. The van der Waals surface area contributed by atoms with E-state index in [1.165, 1.54) is 31.2 Å². The molecule has 0 saturated heterocycles. The predicted octanol–water partition coefficient (Wildman–Crippen LogP) is 4.53. The fourth-order valence-electron chi connectivity index (χ4n) is 3.10. The maximum atomic E-state index is 6.01. The molecule has 0 atom stereocenters. The third kappa shape index (κ3) is 5.03. The minimum atomic E-state index is 0.129. The van der Waals surface area contributed by atoms with Crippen LogP contribution in [0.2, 0.25) is 0 Å². The molecular weight excluding hydrogens is 258 g/mol. The summed E-state index contributed by atoms with van der Waals surface area (Å²) in [6, 6.07) is 9.10. The smallest absolute Gasteiger partial charge is 0.123 e. The summed E-state index contributed by atoms with van der Waals surface area (Å²) in [5, 5.41) is 3.65. The van der Waals surface area contributed by atoms with Crippen molar-refractivity contribution >= 4 is 0 Å². The predicted molar refractivity (Wildman–Crippen MR) is 90.1 cm³/mol. The van der Waals surface area contributed by atoms with E-state index in [1.807, 2.05) is 0 Å². The number of ether oxygens (including phenoxy) is 1. The van der Waals surface area contributed by atoms with Crippen LogP contribution in [0.15, 0.2) is 24.3 Å². The van der Waals surface area contributed by atoms with Gasteiger partial charge in [0.05, 0.1) is 0 Å². The van der Waals surface area contributed by atoms with E-state index in [1.54, 1.807) is 0 Å². The largest absolute Gasteiger partial charge is 0.492 e. The summed E-state index contributed by atoms with van der Waals surface area (Å²) in [4.78, 5) is 0. The third-order valence-corrected chi connectivity index (χ3v) is 4.50. The van der Waals surface area contributed by atoms with E-state index in [0.717, 1.165) is 24.8 Å². The molecule has 1 fully saturated rings. The van der Waals surface area contributed by atoms with E-state index >= 15 is 0 Å². The first-order chi connectivity index (χ1) is 9.97. The average molecular weight is 289 g/mol. The molecular formula is C19H31NO. The molecule has 0 amide bonds. The highest BCUT2D eigenvalue weighted by Gasteiger charge is 2.19. The van der Waals surface area contributed by atoms with Crippen molar-refractivity contribution in [3.8, 4) is 5.75 Å². The van der Waals surface area contributed by atoms with Gasteiger partial charge in [-0.3, -0.25) is 0 Å². The highest BCUT2D eigenvalue weighted by Crippen LogP contribution is 2.30. The van der Waals surface area contributed by atoms with Crippen molar-refractivity contribution in [2.75, 3.05) is 13.2 Å². The summed E-state index contributed by atoms with van der Waals surface area (Å²) in [5.74, 6) is 1.95. The molecule has 1 aliphatic rings. The van der Waals surface area contributed by atoms with Crippen molar-refractivity contribution in [2.45, 2.75) is 64.8 Å². The van der Waals surface area contributed by atoms with Gasteiger partial charge in [0, 0.05) is 12.6 Å². The standard InChI is InChI=1S/C19H31NO/c1-15-9-11-16(12-10-15)20-13-14-21-18-8-6-5-7-17(18)19(2,3)4/h5-8,15-16,20H,9-14H2,1-4H3. The highest BCUT2D eigenvalue weighted by atomic mass is 16.5. The molecule has 0 radical (unpaired) electrons. The lowest BCUT2D eigenvalue weighted by molar-refractivity contribution is 0.267. The Bertz CT molecular complexity index is 427. The first-order valence-electron chi connectivity index (χ1n) is 8.42.